The third kappa shape index (κ3) is 4.57. The van der Waals surface area contributed by atoms with E-state index in [9.17, 15) is 0 Å². The third-order valence-corrected chi connectivity index (χ3v) is 8.02. The Labute approximate surface area is 247 Å². The van der Waals surface area contributed by atoms with E-state index in [4.69, 9.17) is 0 Å². The van der Waals surface area contributed by atoms with Gasteiger partial charge >= 0.3 is 0 Å². The Morgan fingerprint density at radius 2 is 1.07 bits per heavy atom. The van der Waals surface area contributed by atoms with Crippen LogP contribution in [0.15, 0.2) is 152 Å². The second kappa shape index (κ2) is 10.9. The molecule has 0 radical (unpaired) electrons. The van der Waals surface area contributed by atoms with Crippen LogP contribution in [0, 0.1) is 6.92 Å². The van der Waals surface area contributed by atoms with E-state index in [1.807, 2.05) is 0 Å². The summed E-state index contributed by atoms with van der Waals surface area (Å²) in [6.07, 6.45) is 4.30. The molecular weight excluding hydrogens is 508 g/mol. The van der Waals surface area contributed by atoms with Crippen molar-refractivity contribution >= 4 is 44.9 Å². The van der Waals surface area contributed by atoms with Crippen LogP contribution in [0.2, 0.25) is 0 Å². The van der Waals surface area contributed by atoms with E-state index < -0.39 is 0 Å². The number of rotatable bonds is 6. The van der Waals surface area contributed by atoms with Crippen LogP contribution in [-0.2, 0) is 0 Å². The molecule has 1 heterocycles. The first kappa shape index (κ1) is 25.6. The number of hydrogen-bond acceptors (Lipinski definition) is 1. The summed E-state index contributed by atoms with van der Waals surface area (Å²) in [7, 11) is 0. The highest BCUT2D eigenvalue weighted by Gasteiger charge is 2.15. The zero-order chi connectivity index (χ0) is 28.5. The molecule has 2 heteroatoms. The van der Waals surface area contributed by atoms with Gasteiger partial charge in [0.25, 0.3) is 0 Å². The summed E-state index contributed by atoms with van der Waals surface area (Å²) < 4.78 is 2.39. The van der Waals surface area contributed by atoms with Crippen molar-refractivity contribution in [3.05, 3.63) is 163 Å². The molecule has 0 amide bonds. The van der Waals surface area contributed by atoms with Gasteiger partial charge in [0.05, 0.1) is 11.0 Å². The van der Waals surface area contributed by atoms with Crippen molar-refractivity contribution in [3.63, 3.8) is 0 Å². The van der Waals surface area contributed by atoms with Crippen LogP contribution in [0.4, 0.5) is 17.1 Å². The van der Waals surface area contributed by atoms with Gasteiger partial charge in [0.2, 0.25) is 0 Å². The van der Waals surface area contributed by atoms with Crippen LogP contribution >= 0.6 is 0 Å². The SMILES string of the molecule is C/C=C\c1cc2c3ccccc3n(-c3ccc(-c4ccc(N(c5ccccc5)c5ccccc5)cc4)cc3)c2cc1C. The highest BCUT2D eigenvalue weighted by molar-refractivity contribution is 6.10. The summed E-state index contributed by atoms with van der Waals surface area (Å²) in [6.45, 7) is 4.27. The quantitative estimate of drug-likeness (QED) is 0.204. The lowest BCUT2D eigenvalue weighted by Crippen LogP contribution is -2.09. The van der Waals surface area contributed by atoms with Gasteiger partial charge in [-0.05, 0) is 103 Å². The molecule has 0 N–H and O–H groups in total. The van der Waals surface area contributed by atoms with Gasteiger partial charge in [0.15, 0.2) is 0 Å². The summed E-state index contributed by atoms with van der Waals surface area (Å²) in [6, 6.07) is 52.2. The lowest BCUT2D eigenvalue weighted by Gasteiger charge is -2.25. The monoisotopic (exact) mass is 540 g/mol. The lowest BCUT2D eigenvalue weighted by atomic mass is 10.0. The van der Waals surface area contributed by atoms with Gasteiger partial charge in [-0.25, -0.2) is 0 Å². The van der Waals surface area contributed by atoms with Crippen molar-refractivity contribution in [3.8, 4) is 16.8 Å². The van der Waals surface area contributed by atoms with Crippen LogP contribution in [0.25, 0.3) is 44.7 Å². The Bertz CT molecular complexity index is 1980. The van der Waals surface area contributed by atoms with E-state index in [-0.39, 0.29) is 0 Å². The molecule has 0 fully saturated rings. The fraction of sp³-hybridized carbons (Fsp3) is 0.0500. The minimum Gasteiger partial charge on any atom is -0.311 e. The fourth-order valence-electron chi connectivity index (χ4n) is 5.98. The molecule has 0 spiro atoms. The van der Waals surface area contributed by atoms with Crippen molar-refractivity contribution in [2.45, 2.75) is 13.8 Å². The zero-order valence-electron chi connectivity index (χ0n) is 23.9. The van der Waals surface area contributed by atoms with Crippen molar-refractivity contribution in [2.24, 2.45) is 0 Å². The Morgan fingerprint density at radius 1 is 0.524 bits per heavy atom. The van der Waals surface area contributed by atoms with Gasteiger partial charge in [-0.1, -0.05) is 91.0 Å². The van der Waals surface area contributed by atoms with Gasteiger partial charge in [-0.15, -0.1) is 0 Å². The van der Waals surface area contributed by atoms with Crippen molar-refractivity contribution < 1.29 is 0 Å². The van der Waals surface area contributed by atoms with E-state index >= 15 is 0 Å². The van der Waals surface area contributed by atoms with Gasteiger partial charge in [-0.2, -0.15) is 0 Å². The maximum Gasteiger partial charge on any atom is 0.0544 e. The molecule has 2 nitrogen and oxygen atoms in total. The maximum absolute atomic E-state index is 2.39. The second-order valence-electron chi connectivity index (χ2n) is 10.7. The zero-order valence-corrected chi connectivity index (χ0v) is 23.9. The molecule has 0 saturated carbocycles. The summed E-state index contributed by atoms with van der Waals surface area (Å²) in [4.78, 5) is 2.29. The Kier molecular flexibility index (Phi) is 6.65. The number of fused-ring (bicyclic) bond motifs is 3. The third-order valence-electron chi connectivity index (χ3n) is 8.02. The molecule has 7 aromatic rings. The summed E-state index contributed by atoms with van der Waals surface area (Å²) >= 11 is 0. The minimum atomic E-state index is 1.13. The lowest BCUT2D eigenvalue weighted by molar-refractivity contribution is 1.18. The Hall–Kier alpha value is -5.34. The van der Waals surface area contributed by atoms with E-state index in [0.29, 0.717) is 0 Å². The number of allylic oxidation sites excluding steroid dienone is 1. The number of aromatic nitrogens is 1. The van der Waals surface area contributed by atoms with Crippen LogP contribution in [0.5, 0.6) is 0 Å². The number of anilines is 3. The van der Waals surface area contributed by atoms with Crippen LogP contribution < -0.4 is 4.90 Å². The smallest absolute Gasteiger partial charge is 0.0544 e. The molecule has 1 aromatic heterocycles. The Balaban J connectivity index is 1.25. The number of benzene rings is 6. The average molecular weight is 541 g/mol. The molecule has 0 unspecified atom stereocenters. The molecule has 6 aromatic carbocycles. The van der Waals surface area contributed by atoms with Gasteiger partial charge in [-0.3, -0.25) is 0 Å². The number of hydrogen-bond donors (Lipinski definition) is 0. The van der Waals surface area contributed by atoms with Gasteiger partial charge < -0.3 is 9.47 Å². The minimum absolute atomic E-state index is 1.13. The highest BCUT2D eigenvalue weighted by Crippen LogP contribution is 2.37. The highest BCUT2D eigenvalue weighted by atomic mass is 15.1. The molecule has 0 bridgehead atoms. The molecule has 202 valence electrons. The molecule has 0 aliphatic heterocycles. The first-order chi connectivity index (χ1) is 20.7. The number of para-hydroxylation sites is 3. The molecule has 42 heavy (non-hydrogen) atoms. The average Bonchev–Trinajstić information content (AvgIpc) is 3.36. The molecule has 7 rings (SSSR count). The molecule has 0 aliphatic carbocycles. The van der Waals surface area contributed by atoms with Crippen molar-refractivity contribution in [1.82, 2.24) is 4.57 Å². The normalized spacial score (nSPS) is 11.5. The van der Waals surface area contributed by atoms with Crippen LogP contribution in [-0.4, -0.2) is 4.57 Å². The van der Waals surface area contributed by atoms with E-state index in [1.165, 1.54) is 49.7 Å². The molecule has 0 atom stereocenters. The number of nitrogens with zero attached hydrogens (tertiary/aromatic N) is 2. The first-order valence-electron chi connectivity index (χ1n) is 14.5. The molecule has 0 saturated heterocycles. The van der Waals surface area contributed by atoms with Crippen LogP contribution in [0.3, 0.4) is 0 Å². The topological polar surface area (TPSA) is 8.17 Å². The summed E-state index contributed by atoms with van der Waals surface area (Å²) in [5, 5.41) is 2.56. The molecular formula is C40H32N2. The largest absolute Gasteiger partial charge is 0.311 e. The predicted octanol–water partition coefficient (Wildman–Crippen LogP) is 11.3. The second-order valence-corrected chi connectivity index (χ2v) is 10.7. The number of aryl methyl sites for hydroxylation is 1. The predicted molar refractivity (Wildman–Crippen MR) is 180 cm³/mol. The van der Waals surface area contributed by atoms with Crippen molar-refractivity contribution in [1.29, 1.82) is 0 Å². The Morgan fingerprint density at radius 3 is 1.69 bits per heavy atom. The van der Waals surface area contributed by atoms with E-state index in [1.54, 1.807) is 0 Å². The first-order valence-corrected chi connectivity index (χ1v) is 14.5. The summed E-state index contributed by atoms with van der Waals surface area (Å²) in [5.41, 5.74) is 12.0. The standard InChI is InChI=1S/C40H32N2/c1-3-12-32-28-38-37-17-10-11-18-39(37)42(40(38)27-29(32)2)36-25-21-31(22-26-36)30-19-23-35(24-20-30)41(33-13-6-4-7-14-33)34-15-8-5-9-16-34/h3-28H,1-2H3/b12-3-. The van der Waals surface area contributed by atoms with Gasteiger partial charge in [0.1, 0.15) is 0 Å². The maximum atomic E-state index is 2.39. The van der Waals surface area contributed by atoms with Crippen LogP contribution in [0.1, 0.15) is 18.1 Å². The molecule has 0 aliphatic rings. The van der Waals surface area contributed by atoms with E-state index in [0.717, 1.165) is 17.1 Å². The summed E-state index contributed by atoms with van der Waals surface area (Å²) in [5.74, 6) is 0. The van der Waals surface area contributed by atoms with E-state index in [2.05, 4.69) is 181 Å². The van der Waals surface area contributed by atoms with Crippen molar-refractivity contribution in [2.75, 3.05) is 4.90 Å². The van der Waals surface area contributed by atoms with Gasteiger partial charge in [0, 0.05) is 33.5 Å². The fourth-order valence-corrected chi connectivity index (χ4v) is 5.98.